The van der Waals surface area contributed by atoms with Crippen molar-refractivity contribution in [1.82, 2.24) is 0 Å². The second kappa shape index (κ2) is 7.00. The maximum Gasteiger partial charge on any atom is 1.00 e. The molecule has 0 amide bonds. The molecule has 0 radical (unpaired) electrons. The summed E-state index contributed by atoms with van der Waals surface area (Å²) in [5.74, 6) is -0.626. The van der Waals surface area contributed by atoms with E-state index in [1.54, 1.807) is 6.92 Å². The first-order valence-corrected chi connectivity index (χ1v) is 4.64. The van der Waals surface area contributed by atoms with E-state index in [4.69, 9.17) is 0 Å². The van der Waals surface area contributed by atoms with Gasteiger partial charge >= 0.3 is 58.4 Å². The molecule has 1 aromatic rings. The Hall–Kier alpha value is 0.441. The van der Waals surface area contributed by atoms with Gasteiger partial charge in [-0.2, -0.15) is 0 Å². The second-order valence-electron chi connectivity index (χ2n) is 3.20. The molecular formula is C9H11BF4KN. The minimum Gasteiger partial charge on any atom is -0.448 e. The molecule has 0 saturated heterocycles. The maximum atomic E-state index is 13.2. The molecule has 0 aromatic heterocycles. The summed E-state index contributed by atoms with van der Waals surface area (Å²) in [6.07, 6.45) is -1.07. The molecule has 84 valence electrons. The third-order valence-corrected chi connectivity index (χ3v) is 2.00. The van der Waals surface area contributed by atoms with Crippen LogP contribution >= 0.6 is 0 Å². The van der Waals surface area contributed by atoms with Crippen molar-refractivity contribution >= 4 is 12.7 Å². The van der Waals surface area contributed by atoms with Gasteiger partial charge in [-0.1, -0.05) is 12.1 Å². The third-order valence-electron chi connectivity index (χ3n) is 2.00. The molecule has 0 fully saturated rings. The van der Waals surface area contributed by atoms with Gasteiger partial charge in [0, 0.05) is 6.54 Å². The summed E-state index contributed by atoms with van der Waals surface area (Å²) in [6.45, 7) is -3.25. The molecule has 0 heterocycles. The van der Waals surface area contributed by atoms with Crippen molar-refractivity contribution in [3.8, 4) is 0 Å². The van der Waals surface area contributed by atoms with Gasteiger partial charge in [0.15, 0.2) is 0 Å². The van der Waals surface area contributed by atoms with E-state index < -0.39 is 19.2 Å². The van der Waals surface area contributed by atoms with Crippen molar-refractivity contribution in [1.29, 1.82) is 0 Å². The number of hydrogen-bond donors (Lipinski definition) is 0. The number of anilines is 1. The zero-order valence-electron chi connectivity index (χ0n) is 9.26. The Morgan fingerprint density at radius 3 is 2.19 bits per heavy atom. The van der Waals surface area contributed by atoms with Crippen molar-refractivity contribution in [2.45, 2.75) is 6.92 Å². The number of hydrogen-bond acceptors (Lipinski definition) is 1. The minimum atomic E-state index is -4.94. The monoisotopic (exact) mass is 259 g/mol. The van der Waals surface area contributed by atoms with Crippen LogP contribution in [0.2, 0.25) is 0 Å². The Bertz CT molecular complexity index is 332. The van der Waals surface area contributed by atoms with E-state index in [0.29, 0.717) is 0 Å². The van der Waals surface area contributed by atoms with Crippen LogP contribution in [0.1, 0.15) is 6.92 Å². The Labute approximate surface area is 135 Å². The summed E-state index contributed by atoms with van der Waals surface area (Å²) in [5, 5.41) is 0. The Morgan fingerprint density at radius 2 is 1.75 bits per heavy atom. The minimum absolute atomic E-state index is 0. The fourth-order valence-electron chi connectivity index (χ4n) is 1.36. The fourth-order valence-corrected chi connectivity index (χ4v) is 1.36. The van der Waals surface area contributed by atoms with Gasteiger partial charge in [0.2, 0.25) is 0 Å². The predicted molar refractivity (Wildman–Crippen MR) is 53.4 cm³/mol. The van der Waals surface area contributed by atoms with Gasteiger partial charge in [-0.15, -0.1) is 0 Å². The van der Waals surface area contributed by atoms with E-state index in [0.717, 1.165) is 11.0 Å². The van der Waals surface area contributed by atoms with E-state index in [1.807, 2.05) is 0 Å². The van der Waals surface area contributed by atoms with Crippen LogP contribution < -0.4 is 56.3 Å². The Kier molecular flexibility index (Phi) is 7.20. The summed E-state index contributed by atoms with van der Waals surface area (Å²) in [7, 11) is 0. The first-order valence-electron chi connectivity index (χ1n) is 4.64. The van der Waals surface area contributed by atoms with Crippen molar-refractivity contribution in [3.05, 3.63) is 30.1 Å². The molecule has 7 heteroatoms. The summed E-state index contributed by atoms with van der Waals surface area (Å²) in [4.78, 5) is 0.981. The zero-order valence-corrected chi connectivity index (χ0v) is 12.4. The molecule has 1 nitrogen and oxygen atoms in total. The van der Waals surface area contributed by atoms with Crippen molar-refractivity contribution in [2.24, 2.45) is 0 Å². The number of para-hydroxylation sites is 1. The normalized spacial score (nSPS) is 10.8. The topological polar surface area (TPSA) is 3.24 Å². The van der Waals surface area contributed by atoms with Crippen LogP contribution in [0, 0.1) is 5.82 Å². The standard InChI is InChI=1S/C9H11BF4N.K/c1-2-15(7-10(12,13)14)9-6-4-3-5-8(9)11;/h3-6H,2,7H2,1H3;/q-1;+1. The molecule has 0 atom stereocenters. The molecule has 1 rings (SSSR count). The first-order chi connectivity index (χ1) is 6.94. The van der Waals surface area contributed by atoms with Crippen molar-refractivity contribution < 1.29 is 68.7 Å². The molecule has 0 N–H and O–H groups in total. The molecule has 0 aliphatic rings. The van der Waals surface area contributed by atoms with E-state index in [2.05, 4.69) is 0 Å². The number of rotatable bonds is 4. The summed E-state index contributed by atoms with van der Waals surface area (Å²) in [5.41, 5.74) is -0.000741. The van der Waals surface area contributed by atoms with Gasteiger partial charge in [0.05, 0.1) is 5.69 Å². The third kappa shape index (κ3) is 5.18. The molecular weight excluding hydrogens is 248 g/mol. The van der Waals surface area contributed by atoms with Gasteiger partial charge in [0.1, 0.15) is 5.82 Å². The predicted octanol–water partition coefficient (Wildman–Crippen LogP) is 0.0426. The average Bonchev–Trinajstić information content (AvgIpc) is 2.14. The quantitative estimate of drug-likeness (QED) is 0.545. The SMILES string of the molecule is CCN(C[B-](F)(F)F)c1ccccc1F.[K+]. The van der Waals surface area contributed by atoms with E-state index in [-0.39, 0.29) is 63.6 Å². The van der Waals surface area contributed by atoms with Gasteiger partial charge in [-0.05, 0) is 25.5 Å². The van der Waals surface area contributed by atoms with Crippen LogP contribution in [0.4, 0.5) is 23.0 Å². The molecule has 0 bridgehead atoms. The van der Waals surface area contributed by atoms with Crippen LogP contribution in [0.15, 0.2) is 24.3 Å². The number of halogens is 4. The van der Waals surface area contributed by atoms with Gasteiger partial charge < -0.3 is 17.8 Å². The van der Waals surface area contributed by atoms with Crippen LogP contribution in [0.25, 0.3) is 0 Å². The van der Waals surface area contributed by atoms with E-state index >= 15 is 0 Å². The van der Waals surface area contributed by atoms with Crippen LogP contribution in [0.5, 0.6) is 0 Å². The molecule has 0 spiro atoms. The largest absolute Gasteiger partial charge is 1.00 e. The van der Waals surface area contributed by atoms with Crippen molar-refractivity contribution in [2.75, 3.05) is 17.9 Å². The van der Waals surface area contributed by atoms with Crippen molar-refractivity contribution in [3.63, 3.8) is 0 Å². The van der Waals surface area contributed by atoms with Gasteiger partial charge in [-0.25, -0.2) is 4.39 Å². The zero-order chi connectivity index (χ0) is 11.5. The molecule has 1 aromatic carbocycles. The summed E-state index contributed by atoms with van der Waals surface area (Å²) in [6, 6.07) is 5.47. The van der Waals surface area contributed by atoms with E-state index in [1.165, 1.54) is 18.2 Å². The summed E-state index contributed by atoms with van der Waals surface area (Å²) >= 11 is 0. The average molecular weight is 259 g/mol. The molecule has 0 unspecified atom stereocenters. The van der Waals surface area contributed by atoms with Crippen LogP contribution in [0.3, 0.4) is 0 Å². The van der Waals surface area contributed by atoms with Crippen LogP contribution in [-0.4, -0.2) is 20.0 Å². The number of benzene rings is 1. The second-order valence-corrected chi connectivity index (χ2v) is 3.20. The van der Waals surface area contributed by atoms with E-state index in [9.17, 15) is 17.3 Å². The van der Waals surface area contributed by atoms with Crippen LogP contribution in [-0.2, 0) is 0 Å². The smallest absolute Gasteiger partial charge is 0.448 e. The first kappa shape index (κ1) is 16.4. The summed E-state index contributed by atoms with van der Waals surface area (Å²) < 4.78 is 49.8. The molecule has 16 heavy (non-hydrogen) atoms. The van der Waals surface area contributed by atoms with Gasteiger partial charge in [0.25, 0.3) is 0 Å². The molecule has 0 aliphatic carbocycles. The maximum absolute atomic E-state index is 13.2. The number of nitrogens with zero attached hydrogens (tertiary/aromatic N) is 1. The molecule has 0 saturated carbocycles. The Balaban J connectivity index is 0.00000225. The Morgan fingerprint density at radius 1 is 1.19 bits per heavy atom. The van der Waals surface area contributed by atoms with Gasteiger partial charge in [-0.3, -0.25) is 0 Å². The molecule has 0 aliphatic heterocycles. The fraction of sp³-hybridized carbons (Fsp3) is 0.333.